The van der Waals surface area contributed by atoms with Crippen molar-refractivity contribution in [3.63, 3.8) is 0 Å². The van der Waals surface area contributed by atoms with E-state index in [1.807, 2.05) is 4.98 Å². The van der Waals surface area contributed by atoms with Crippen LogP contribution in [0, 0.1) is 0 Å². The Morgan fingerprint density at radius 1 is 1.53 bits per heavy atom. The first-order chi connectivity index (χ1) is 8.90. The summed E-state index contributed by atoms with van der Waals surface area (Å²) in [6, 6.07) is 1.10. The predicted molar refractivity (Wildman–Crippen MR) is 59.5 cm³/mol. The van der Waals surface area contributed by atoms with Crippen LogP contribution in [0.1, 0.15) is 12.6 Å². The Balaban J connectivity index is 2.23. The Bertz CT molecular complexity index is 592. The maximum Gasteiger partial charge on any atom is 0.335 e. The van der Waals surface area contributed by atoms with Gasteiger partial charge in [-0.15, -0.1) is 0 Å². The number of hydrogen-bond acceptors (Lipinski definition) is 6. The van der Waals surface area contributed by atoms with E-state index in [0.717, 1.165) is 10.6 Å². The molecule has 9 nitrogen and oxygen atoms in total. The lowest BCUT2D eigenvalue weighted by Gasteiger charge is -2.18. The molecule has 0 saturated carbocycles. The van der Waals surface area contributed by atoms with Gasteiger partial charge in [0.25, 0.3) is 5.56 Å². The number of rotatable bonds is 3. The van der Waals surface area contributed by atoms with E-state index in [4.69, 9.17) is 9.84 Å². The molecule has 0 spiro atoms. The van der Waals surface area contributed by atoms with Gasteiger partial charge in [-0.05, 0) is 0 Å². The first-order valence-corrected chi connectivity index (χ1v) is 5.46. The number of aromatic amines is 1. The molecule has 1 fully saturated rings. The molecular weight excluding hydrogens is 260 g/mol. The van der Waals surface area contributed by atoms with Gasteiger partial charge >= 0.3 is 11.7 Å². The van der Waals surface area contributed by atoms with Gasteiger partial charge in [0.15, 0.2) is 6.10 Å². The number of aliphatic hydroxyl groups is 2. The van der Waals surface area contributed by atoms with Crippen molar-refractivity contribution in [1.29, 1.82) is 0 Å². The van der Waals surface area contributed by atoms with E-state index in [-0.39, 0.29) is 6.42 Å². The van der Waals surface area contributed by atoms with Crippen LogP contribution in [0.25, 0.3) is 0 Å². The number of H-pyrrole nitrogens is 1. The van der Waals surface area contributed by atoms with E-state index in [1.165, 1.54) is 6.20 Å². The minimum Gasteiger partial charge on any atom is -0.479 e. The third-order valence-corrected chi connectivity index (χ3v) is 2.86. The van der Waals surface area contributed by atoms with Crippen LogP contribution >= 0.6 is 0 Å². The fourth-order valence-electron chi connectivity index (χ4n) is 1.93. The van der Waals surface area contributed by atoms with E-state index in [1.54, 1.807) is 0 Å². The van der Waals surface area contributed by atoms with E-state index >= 15 is 0 Å². The van der Waals surface area contributed by atoms with Gasteiger partial charge in [0.2, 0.25) is 0 Å². The van der Waals surface area contributed by atoms with Gasteiger partial charge in [-0.25, -0.2) is 9.59 Å². The molecule has 1 aliphatic rings. The number of carboxylic acid groups (broad SMARTS) is 1. The molecule has 1 aromatic heterocycles. The summed E-state index contributed by atoms with van der Waals surface area (Å²) < 4.78 is 6.18. The zero-order valence-corrected chi connectivity index (χ0v) is 9.59. The molecule has 0 amide bonds. The van der Waals surface area contributed by atoms with Gasteiger partial charge in [-0.2, -0.15) is 0 Å². The maximum atomic E-state index is 11.5. The third-order valence-electron chi connectivity index (χ3n) is 2.86. The molecular formula is C10H12N2O7. The third kappa shape index (κ3) is 2.57. The molecule has 0 bridgehead atoms. The van der Waals surface area contributed by atoms with E-state index in [0.29, 0.717) is 0 Å². The average molecular weight is 272 g/mol. The summed E-state index contributed by atoms with van der Waals surface area (Å²) in [7, 11) is 0. The van der Waals surface area contributed by atoms with Gasteiger partial charge in [-0.1, -0.05) is 0 Å². The zero-order chi connectivity index (χ0) is 14.2. The summed E-state index contributed by atoms with van der Waals surface area (Å²) >= 11 is 0. The Morgan fingerprint density at radius 2 is 2.21 bits per heavy atom. The molecule has 2 heterocycles. The fraction of sp³-hybridized carbons (Fsp3) is 0.500. The number of nitrogens with zero attached hydrogens (tertiary/aromatic N) is 1. The van der Waals surface area contributed by atoms with Crippen molar-refractivity contribution in [2.75, 3.05) is 0 Å². The van der Waals surface area contributed by atoms with Crippen LogP contribution in [0.4, 0.5) is 0 Å². The van der Waals surface area contributed by atoms with Crippen molar-refractivity contribution in [3.8, 4) is 0 Å². The van der Waals surface area contributed by atoms with E-state index in [9.17, 15) is 24.6 Å². The summed E-state index contributed by atoms with van der Waals surface area (Å²) in [6.07, 6.45) is -4.29. The zero-order valence-electron chi connectivity index (χ0n) is 9.59. The number of hydrogen-bond donors (Lipinski definition) is 4. The molecule has 0 aliphatic carbocycles. The van der Waals surface area contributed by atoms with Crippen LogP contribution in [0.3, 0.4) is 0 Å². The highest BCUT2D eigenvalue weighted by Gasteiger charge is 2.42. The minimum atomic E-state index is -1.89. The highest BCUT2D eigenvalue weighted by molar-refractivity contribution is 5.72. The van der Waals surface area contributed by atoms with E-state index < -0.39 is 41.8 Å². The smallest absolute Gasteiger partial charge is 0.335 e. The van der Waals surface area contributed by atoms with Crippen molar-refractivity contribution >= 4 is 5.97 Å². The fourth-order valence-corrected chi connectivity index (χ4v) is 1.93. The highest BCUT2D eigenvalue weighted by atomic mass is 16.5. The normalized spacial score (nSPS) is 28.2. The quantitative estimate of drug-likeness (QED) is 0.481. The van der Waals surface area contributed by atoms with Gasteiger partial charge in [0.1, 0.15) is 12.3 Å². The SMILES string of the molecule is O=C(O)C(O)[C@H]1O[C@@H](n2ccc(=O)[nH]c2=O)C[C@@H]1O. The van der Waals surface area contributed by atoms with Crippen LogP contribution in [-0.4, -0.2) is 49.2 Å². The second-order valence-corrected chi connectivity index (χ2v) is 4.16. The van der Waals surface area contributed by atoms with Crippen molar-refractivity contribution < 1.29 is 24.9 Å². The van der Waals surface area contributed by atoms with Crippen LogP contribution in [-0.2, 0) is 9.53 Å². The van der Waals surface area contributed by atoms with E-state index in [2.05, 4.69) is 0 Å². The number of carboxylic acids is 1. The predicted octanol–water partition coefficient (Wildman–Crippen LogP) is -2.37. The molecule has 0 radical (unpaired) electrons. The van der Waals surface area contributed by atoms with Crippen LogP contribution in [0.5, 0.6) is 0 Å². The molecule has 4 N–H and O–H groups in total. The first-order valence-electron chi connectivity index (χ1n) is 5.46. The van der Waals surface area contributed by atoms with Crippen LogP contribution in [0.2, 0.25) is 0 Å². The van der Waals surface area contributed by atoms with Crippen molar-refractivity contribution in [3.05, 3.63) is 33.1 Å². The summed E-state index contributed by atoms with van der Waals surface area (Å²) in [4.78, 5) is 35.1. The van der Waals surface area contributed by atoms with Crippen molar-refractivity contribution in [1.82, 2.24) is 9.55 Å². The summed E-state index contributed by atoms with van der Waals surface area (Å²) in [6.45, 7) is 0. The second kappa shape index (κ2) is 4.96. The minimum absolute atomic E-state index is 0.0685. The Morgan fingerprint density at radius 3 is 2.79 bits per heavy atom. The van der Waals surface area contributed by atoms with Crippen molar-refractivity contribution in [2.24, 2.45) is 0 Å². The molecule has 9 heteroatoms. The Hall–Kier alpha value is -1.97. The standard InChI is InChI=1S/C10H12N2O7/c13-4-3-6(19-8(4)7(15)9(16)17)12-2-1-5(14)11-10(12)18/h1-2,4,6-8,13,15H,3H2,(H,16,17)(H,11,14,18)/t4-,6+,7?,8-/m0/s1. The highest BCUT2D eigenvalue weighted by Crippen LogP contribution is 2.29. The molecule has 4 atom stereocenters. The maximum absolute atomic E-state index is 11.5. The molecule has 1 aromatic rings. The Labute approximate surface area is 105 Å². The number of ether oxygens (including phenoxy) is 1. The molecule has 2 rings (SSSR count). The largest absolute Gasteiger partial charge is 0.479 e. The van der Waals surface area contributed by atoms with Crippen LogP contribution < -0.4 is 11.2 Å². The lowest BCUT2D eigenvalue weighted by atomic mass is 10.1. The number of aromatic nitrogens is 2. The number of aliphatic hydroxyl groups excluding tert-OH is 2. The molecule has 19 heavy (non-hydrogen) atoms. The molecule has 1 unspecified atom stereocenters. The monoisotopic (exact) mass is 272 g/mol. The van der Waals surface area contributed by atoms with Crippen molar-refractivity contribution in [2.45, 2.75) is 31.0 Å². The number of nitrogens with one attached hydrogen (secondary N) is 1. The van der Waals surface area contributed by atoms with Gasteiger partial charge in [-0.3, -0.25) is 14.3 Å². The lowest BCUT2D eigenvalue weighted by molar-refractivity contribution is -0.160. The summed E-state index contributed by atoms with van der Waals surface area (Å²) in [5.41, 5.74) is -1.32. The topological polar surface area (TPSA) is 142 Å². The number of aliphatic carboxylic acids is 1. The molecule has 0 aromatic carbocycles. The molecule has 104 valence electrons. The molecule has 1 saturated heterocycles. The Kier molecular flexibility index (Phi) is 3.51. The lowest BCUT2D eigenvalue weighted by Crippen LogP contribution is -2.40. The van der Waals surface area contributed by atoms with Gasteiger partial charge < -0.3 is 20.1 Å². The van der Waals surface area contributed by atoms with Gasteiger partial charge in [0, 0.05) is 18.7 Å². The average Bonchev–Trinajstić information content (AvgIpc) is 2.69. The summed E-state index contributed by atoms with van der Waals surface area (Å²) in [5, 5.41) is 27.6. The summed E-state index contributed by atoms with van der Waals surface area (Å²) in [5.74, 6) is -1.53. The second-order valence-electron chi connectivity index (χ2n) is 4.16. The van der Waals surface area contributed by atoms with Gasteiger partial charge in [0.05, 0.1) is 6.10 Å². The first kappa shape index (κ1) is 13.5. The number of carbonyl (C=O) groups is 1. The van der Waals surface area contributed by atoms with Crippen LogP contribution in [0.15, 0.2) is 21.9 Å². The molecule has 1 aliphatic heterocycles.